The summed E-state index contributed by atoms with van der Waals surface area (Å²) in [6, 6.07) is 7.40. The molecule has 0 bridgehead atoms. The molecule has 0 aliphatic carbocycles. The van der Waals surface area contributed by atoms with Crippen LogP contribution in [0.5, 0.6) is 0 Å². The summed E-state index contributed by atoms with van der Waals surface area (Å²) in [5.41, 5.74) is 7.20. The molecule has 0 atom stereocenters. The van der Waals surface area contributed by atoms with Gasteiger partial charge < -0.3 is 16.0 Å². The van der Waals surface area contributed by atoms with Crippen molar-refractivity contribution in [3.8, 4) is 0 Å². The van der Waals surface area contributed by atoms with E-state index in [0.717, 1.165) is 12.0 Å². The van der Waals surface area contributed by atoms with Crippen LogP contribution in [-0.4, -0.2) is 42.9 Å². The zero-order valence-corrected chi connectivity index (χ0v) is 10.2. The van der Waals surface area contributed by atoms with Gasteiger partial charge in [-0.05, 0) is 30.7 Å². The molecule has 2 rings (SSSR count). The first-order valence-electron chi connectivity index (χ1n) is 6.05. The highest BCUT2D eigenvalue weighted by molar-refractivity contribution is 5.97. The second kappa shape index (κ2) is 5.64. The average Bonchev–Trinajstić information content (AvgIpc) is 2.39. The smallest absolute Gasteiger partial charge is 0.254 e. The van der Waals surface area contributed by atoms with Crippen molar-refractivity contribution in [1.82, 2.24) is 10.2 Å². The molecule has 18 heavy (non-hydrogen) atoms. The minimum Gasteiger partial charge on any atom is -0.353 e. The first-order valence-corrected chi connectivity index (χ1v) is 6.05. The van der Waals surface area contributed by atoms with Gasteiger partial charge in [0.2, 0.25) is 5.91 Å². The molecule has 5 heteroatoms. The van der Waals surface area contributed by atoms with E-state index >= 15 is 0 Å². The fourth-order valence-electron chi connectivity index (χ4n) is 1.98. The number of nitrogens with zero attached hydrogens (tertiary/aromatic N) is 1. The number of nitrogens with one attached hydrogen (secondary N) is 1. The second-order valence-electron chi connectivity index (χ2n) is 4.31. The van der Waals surface area contributed by atoms with E-state index in [0.29, 0.717) is 25.2 Å². The van der Waals surface area contributed by atoms with Crippen LogP contribution in [0.2, 0.25) is 0 Å². The van der Waals surface area contributed by atoms with Crippen molar-refractivity contribution in [3.63, 3.8) is 0 Å². The van der Waals surface area contributed by atoms with Crippen LogP contribution in [0.4, 0.5) is 0 Å². The Kier molecular flexibility index (Phi) is 3.94. The van der Waals surface area contributed by atoms with E-state index in [1.54, 1.807) is 17.0 Å². The summed E-state index contributed by atoms with van der Waals surface area (Å²) in [6.07, 6.45) is 0.806. The van der Waals surface area contributed by atoms with Gasteiger partial charge in [0.15, 0.2) is 0 Å². The van der Waals surface area contributed by atoms with Gasteiger partial charge in [-0.3, -0.25) is 9.59 Å². The van der Waals surface area contributed by atoms with E-state index in [-0.39, 0.29) is 18.4 Å². The van der Waals surface area contributed by atoms with Crippen molar-refractivity contribution in [3.05, 3.63) is 35.4 Å². The Balaban J connectivity index is 2.06. The normalized spacial score (nSPS) is 15.4. The van der Waals surface area contributed by atoms with Gasteiger partial charge in [-0.25, -0.2) is 0 Å². The molecule has 0 spiro atoms. The first kappa shape index (κ1) is 12.6. The zero-order chi connectivity index (χ0) is 13.0. The van der Waals surface area contributed by atoms with E-state index in [9.17, 15) is 9.59 Å². The fraction of sp³-hybridized carbons (Fsp3) is 0.385. The summed E-state index contributed by atoms with van der Waals surface area (Å²) < 4.78 is 0. The van der Waals surface area contributed by atoms with Crippen LogP contribution < -0.4 is 11.1 Å². The molecule has 0 aromatic heterocycles. The van der Waals surface area contributed by atoms with Crippen LogP contribution in [-0.2, 0) is 11.2 Å². The standard InChI is InChI=1S/C13H17N3O2/c14-6-5-10-1-3-11(4-2-10)13(18)16-8-7-15-12(17)9-16/h1-4H,5-9,14H2,(H,15,17). The highest BCUT2D eigenvalue weighted by atomic mass is 16.2. The van der Waals surface area contributed by atoms with Crippen molar-refractivity contribution in [2.24, 2.45) is 5.73 Å². The Hall–Kier alpha value is -1.88. The summed E-state index contributed by atoms with van der Waals surface area (Å²) in [6.45, 7) is 1.83. The molecule has 5 nitrogen and oxygen atoms in total. The quantitative estimate of drug-likeness (QED) is 0.774. The van der Waals surface area contributed by atoms with Crippen LogP contribution in [0, 0.1) is 0 Å². The molecular weight excluding hydrogens is 230 g/mol. The highest BCUT2D eigenvalue weighted by Gasteiger charge is 2.21. The Bertz CT molecular complexity index is 442. The van der Waals surface area contributed by atoms with Gasteiger partial charge in [-0.2, -0.15) is 0 Å². The van der Waals surface area contributed by atoms with Gasteiger partial charge in [-0.1, -0.05) is 12.1 Å². The van der Waals surface area contributed by atoms with Crippen molar-refractivity contribution >= 4 is 11.8 Å². The van der Waals surface area contributed by atoms with Crippen LogP contribution in [0.15, 0.2) is 24.3 Å². The predicted molar refractivity (Wildman–Crippen MR) is 68.1 cm³/mol. The maximum Gasteiger partial charge on any atom is 0.254 e. The molecule has 1 aliphatic rings. The molecule has 1 aromatic rings. The first-order chi connectivity index (χ1) is 8.70. The van der Waals surface area contributed by atoms with Gasteiger partial charge in [0, 0.05) is 18.7 Å². The Labute approximate surface area is 106 Å². The number of carbonyl (C=O) groups is 2. The monoisotopic (exact) mass is 247 g/mol. The number of benzene rings is 1. The summed E-state index contributed by atoms with van der Waals surface area (Å²) in [4.78, 5) is 24.9. The zero-order valence-electron chi connectivity index (χ0n) is 10.2. The van der Waals surface area contributed by atoms with E-state index in [4.69, 9.17) is 5.73 Å². The molecule has 0 unspecified atom stereocenters. The lowest BCUT2D eigenvalue weighted by molar-refractivity contribution is -0.123. The number of carbonyl (C=O) groups excluding carboxylic acids is 2. The predicted octanol–water partition coefficient (Wildman–Crippen LogP) is -0.240. The van der Waals surface area contributed by atoms with Crippen LogP contribution in [0.25, 0.3) is 0 Å². The Morgan fingerprint density at radius 1 is 1.33 bits per heavy atom. The van der Waals surface area contributed by atoms with E-state index in [2.05, 4.69) is 5.32 Å². The van der Waals surface area contributed by atoms with Crippen LogP contribution >= 0.6 is 0 Å². The summed E-state index contributed by atoms with van der Waals surface area (Å²) in [7, 11) is 0. The summed E-state index contributed by atoms with van der Waals surface area (Å²) in [5, 5.41) is 2.70. The topological polar surface area (TPSA) is 75.4 Å². The third kappa shape index (κ3) is 2.87. The molecule has 1 fully saturated rings. The minimum atomic E-state index is -0.102. The lowest BCUT2D eigenvalue weighted by atomic mass is 10.1. The minimum absolute atomic E-state index is 0.0934. The lowest BCUT2D eigenvalue weighted by Crippen LogP contribution is -2.49. The van der Waals surface area contributed by atoms with Gasteiger partial charge in [-0.15, -0.1) is 0 Å². The molecule has 2 amide bonds. The molecule has 1 saturated heterocycles. The Morgan fingerprint density at radius 3 is 2.67 bits per heavy atom. The molecule has 1 heterocycles. The van der Waals surface area contributed by atoms with Gasteiger partial charge in [0.1, 0.15) is 0 Å². The van der Waals surface area contributed by atoms with E-state index in [1.165, 1.54) is 0 Å². The Morgan fingerprint density at radius 2 is 2.06 bits per heavy atom. The fourth-order valence-corrected chi connectivity index (χ4v) is 1.98. The number of hydrogen-bond donors (Lipinski definition) is 2. The number of nitrogens with two attached hydrogens (primary N) is 1. The average molecular weight is 247 g/mol. The molecule has 1 aliphatic heterocycles. The van der Waals surface area contributed by atoms with E-state index in [1.807, 2.05) is 12.1 Å². The van der Waals surface area contributed by atoms with Crippen molar-refractivity contribution < 1.29 is 9.59 Å². The molecule has 0 radical (unpaired) electrons. The third-order valence-electron chi connectivity index (χ3n) is 2.96. The maximum absolute atomic E-state index is 12.1. The van der Waals surface area contributed by atoms with Crippen molar-refractivity contribution in [2.45, 2.75) is 6.42 Å². The number of rotatable bonds is 3. The second-order valence-corrected chi connectivity index (χ2v) is 4.31. The largest absolute Gasteiger partial charge is 0.353 e. The number of hydrogen-bond acceptors (Lipinski definition) is 3. The SMILES string of the molecule is NCCc1ccc(C(=O)N2CCNC(=O)C2)cc1. The molecular formula is C13H17N3O2. The molecule has 3 N–H and O–H groups in total. The summed E-state index contributed by atoms with van der Waals surface area (Å²) >= 11 is 0. The van der Waals surface area contributed by atoms with Crippen molar-refractivity contribution in [2.75, 3.05) is 26.2 Å². The van der Waals surface area contributed by atoms with Gasteiger partial charge in [0.05, 0.1) is 6.54 Å². The van der Waals surface area contributed by atoms with E-state index < -0.39 is 0 Å². The molecule has 1 aromatic carbocycles. The molecule has 0 saturated carbocycles. The van der Waals surface area contributed by atoms with Gasteiger partial charge in [0.25, 0.3) is 5.91 Å². The van der Waals surface area contributed by atoms with Crippen molar-refractivity contribution in [1.29, 1.82) is 0 Å². The number of piperazine rings is 1. The molecule has 96 valence electrons. The van der Waals surface area contributed by atoms with Crippen LogP contribution in [0.1, 0.15) is 15.9 Å². The third-order valence-corrected chi connectivity index (χ3v) is 2.96. The van der Waals surface area contributed by atoms with Gasteiger partial charge >= 0.3 is 0 Å². The van der Waals surface area contributed by atoms with Crippen LogP contribution in [0.3, 0.4) is 0 Å². The highest BCUT2D eigenvalue weighted by Crippen LogP contribution is 2.09. The maximum atomic E-state index is 12.1. The number of amides is 2. The lowest BCUT2D eigenvalue weighted by Gasteiger charge is -2.26. The summed E-state index contributed by atoms with van der Waals surface area (Å²) in [5.74, 6) is -0.196.